The summed E-state index contributed by atoms with van der Waals surface area (Å²) in [5, 5.41) is 13.9. The summed E-state index contributed by atoms with van der Waals surface area (Å²) < 4.78 is 11.9. The van der Waals surface area contributed by atoms with E-state index in [-0.39, 0.29) is 11.4 Å². The molecule has 1 fully saturated rings. The Morgan fingerprint density at radius 3 is 2.71 bits per heavy atom. The molecule has 17 heavy (non-hydrogen) atoms. The summed E-state index contributed by atoms with van der Waals surface area (Å²) in [6.45, 7) is 1.81. The number of benzene rings is 1. The van der Waals surface area contributed by atoms with Crippen LogP contribution in [0.15, 0.2) is 24.3 Å². The van der Waals surface area contributed by atoms with Crippen LogP contribution in [0.3, 0.4) is 0 Å². The number of nitrogens with one attached hydrogen (secondary N) is 1. The van der Waals surface area contributed by atoms with Gasteiger partial charge in [-0.15, -0.1) is 0 Å². The van der Waals surface area contributed by atoms with Crippen LogP contribution in [0, 0.1) is 16.0 Å². The van der Waals surface area contributed by atoms with Gasteiger partial charge in [0.2, 0.25) is 0 Å². The zero-order valence-electron chi connectivity index (χ0n) is 9.30. The molecule has 1 aliphatic rings. The van der Waals surface area contributed by atoms with Crippen molar-refractivity contribution in [3.8, 4) is 0 Å². The zero-order valence-corrected chi connectivity index (χ0v) is 10.1. The largest absolute Gasteiger partial charge is 0.316 e. The number of hydrogen-bond donors (Lipinski definition) is 1. The maximum Gasteiger partial charge on any atom is 0.273 e. The predicted molar refractivity (Wildman–Crippen MR) is 66.2 cm³/mol. The average Bonchev–Trinajstić information content (AvgIpc) is 2.24. The molecule has 6 heteroatoms. The van der Waals surface area contributed by atoms with Crippen molar-refractivity contribution < 1.29 is 9.13 Å². The van der Waals surface area contributed by atoms with Crippen LogP contribution in [-0.4, -0.2) is 28.0 Å². The van der Waals surface area contributed by atoms with Gasteiger partial charge in [-0.1, -0.05) is 18.2 Å². The van der Waals surface area contributed by atoms with Crippen LogP contribution in [-0.2, 0) is 16.6 Å². The van der Waals surface area contributed by atoms with Crippen LogP contribution in [0.25, 0.3) is 0 Å². The third-order valence-corrected chi connectivity index (χ3v) is 4.27. The van der Waals surface area contributed by atoms with Gasteiger partial charge >= 0.3 is 0 Å². The maximum atomic E-state index is 11.9. The average molecular weight is 254 g/mol. The van der Waals surface area contributed by atoms with Crippen molar-refractivity contribution in [2.75, 3.05) is 18.8 Å². The highest BCUT2D eigenvalue weighted by molar-refractivity contribution is 7.84. The van der Waals surface area contributed by atoms with Gasteiger partial charge in [0.15, 0.2) is 0 Å². The molecule has 0 amide bonds. The number of rotatable bonds is 5. The summed E-state index contributed by atoms with van der Waals surface area (Å²) >= 11 is 0. The van der Waals surface area contributed by atoms with E-state index in [2.05, 4.69) is 5.32 Å². The Morgan fingerprint density at radius 2 is 2.12 bits per heavy atom. The van der Waals surface area contributed by atoms with Crippen molar-refractivity contribution in [2.24, 2.45) is 5.92 Å². The Kier molecular flexibility index (Phi) is 3.86. The molecular weight excluding hydrogens is 240 g/mol. The van der Waals surface area contributed by atoms with E-state index in [4.69, 9.17) is 0 Å². The van der Waals surface area contributed by atoms with E-state index in [1.807, 2.05) is 0 Å². The summed E-state index contributed by atoms with van der Waals surface area (Å²) in [6.07, 6.45) is 0. The second kappa shape index (κ2) is 5.37. The Labute approximate surface area is 102 Å². The van der Waals surface area contributed by atoms with E-state index in [1.54, 1.807) is 18.2 Å². The van der Waals surface area contributed by atoms with Gasteiger partial charge in [0.05, 0.1) is 10.7 Å². The van der Waals surface area contributed by atoms with Crippen LogP contribution < -0.4 is 5.32 Å². The molecule has 0 spiro atoms. The van der Waals surface area contributed by atoms with Crippen molar-refractivity contribution >= 4 is 16.5 Å². The van der Waals surface area contributed by atoms with Gasteiger partial charge < -0.3 is 5.32 Å². The van der Waals surface area contributed by atoms with E-state index in [0.29, 0.717) is 17.2 Å². The van der Waals surface area contributed by atoms with E-state index in [0.717, 1.165) is 13.1 Å². The molecule has 0 aromatic heterocycles. The van der Waals surface area contributed by atoms with Gasteiger partial charge in [-0.25, -0.2) is 0 Å². The van der Waals surface area contributed by atoms with Crippen LogP contribution in [0.5, 0.6) is 0 Å². The number of hydrogen-bond acceptors (Lipinski definition) is 4. The lowest BCUT2D eigenvalue weighted by Crippen LogP contribution is -2.44. The molecule has 1 aromatic carbocycles. The third kappa shape index (κ3) is 3.10. The van der Waals surface area contributed by atoms with E-state index in [1.165, 1.54) is 6.07 Å². The lowest BCUT2D eigenvalue weighted by atomic mass is 10.1. The predicted octanol–water partition coefficient (Wildman–Crippen LogP) is 1.06. The first kappa shape index (κ1) is 12.2. The SMILES string of the molecule is O=[N+]([O-])c1ccccc1CS(=O)CC1CNC1. The molecule has 2 rings (SSSR count). The maximum absolute atomic E-state index is 11.9. The summed E-state index contributed by atoms with van der Waals surface area (Å²) in [7, 11) is -1.02. The smallest absolute Gasteiger partial charge is 0.273 e. The van der Waals surface area contributed by atoms with Gasteiger partial charge in [0.25, 0.3) is 5.69 Å². The van der Waals surface area contributed by atoms with E-state index < -0.39 is 15.7 Å². The zero-order chi connectivity index (χ0) is 12.3. The number of nitrogens with zero attached hydrogens (tertiary/aromatic N) is 1. The minimum atomic E-state index is -1.02. The first-order valence-electron chi connectivity index (χ1n) is 5.45. The van der Waals surface area contributed by atoms with Gasteiger partial charge in [-0.3, -0.25) is 14.3 Å². The molecule has 1 heterocycles. The van der Waals surface area contributed by atoms with Crippen LogP contribution in [0.1, 0.15) is 5.56 Å². The van der Waals surface area contributed by atoms with Crippen molar-refractivity contribution in [3.63, 3.8) is 0 Å². The fraction of sp³-hybridized carbons (Fsp3) is 0.455. The molecule has 1 aromatic rings. The van der Waals surface area contributed by atoms with Crippen LogP contribution in [0.4, 0.5) is 5.69 Å². The van der Waals surface area contributed by atoms with Crippen LogP contribution >= 0.6 is 0 Å². The fourth-order valence-electron chi connectivity index (χ4n) is 1.77. The molecule has 0 saturated carbocycles. The molecule has 1 unspecified atom stereocenters. The first-order valence-corrected chi connectivity index (χ1v) is 6.93. The topological polar surface area (TPSA) is 72.2 Å². The molecule has 0 radical (unpaired) electrons. The van der Waals surface area contributed by atoms with Crippen molar-refractivity contribution in [2.45, 2.75) is 5.75 Å². The van der Waals surface area contributed by atoms with Gasteiger partial charge in [0.1, 0.15) is 0 Å². The summed E-state index contributed by atoms with van der Waals surface area (Å²) in [5.74, 6) is 1.35. The second-order valence-electron chi connectivity index (χ2n) is 4.16. The van der Waals surface area contributed by atoms with Crippen LogP contribution in [0.2, 0.25) is 0 Å². The molecule has 0 bridgehead atoms. The molecule has 1 N–H and O–H groups in total. The Balaban J connectivity index is 2.01. The van der Waals surface area contributed by atoms with E-state index >= 15 is 0 Å². The molecule has 1 aliphatic heterocycles. The van der Waals surface area contributed by atoms with Gasteiger partial charge in [0, 0.05) is 41.3 Å². The minimum Gasteiger partial charge on any atom is -0.316 e. The Bertz CT molecular complexity index is 446. The lowest BCUT2D eigenvalue weighted by Gasteiger charge is -2.26. The third-order valence-electron chi connectivity index (χ3n) is 2.79. The first-order chi connectivity index (χ1) is 8.16. The molecule has 1 saturated heterocycles. The molecule has 0 aliphatic carbocycles. The van der Waals surface area contributed by atoms with Gasteiger partial charge in [-0.2, -0.15) is 0 Å². The highest BCUT2D eigenvalue weighted by Gasteiger charge is 2.21. The highest BCUT2D eigenvalue weighted by Crippen LogP contribution is 2.20. The summed E-state index contributed by atoms with van der Waals surface area (Å²) in [5.41, 5.74) is 0.621. The molecule has 1 atom stereocenters. The molecule has 5 nitrogen and oxygen atoms in total. The normalized spacial score (nSPS) is 17.4. The lowest BCUT2D eigenvalue weighted by molar-refractivity contribution is -0.385. The Morgan fingerprint density at radius 1 is 1.41 bits per heavy atom. The number of nitro benzene ring substituents is 1. The number of para-hydroxylation sites is 1. The number of nitro groups is 1. The fourth-order valence-corrected chi connectivity index (χ4v) is 3.24. The second-order valence-corrected chi connectivity index (χ2v) is 5.66. The Hall–Kier alpha value is -1.27. The standard InChI is InChI=1S/C11H14N2O3S/c14-13(15)11-4-2-1-3-10(11)8-17(16)7-9-5-12-6-9/h1-4,9,12H,5-8H2. The van der Waals surface area contributed by atoms with Crippen molar-refractivity contribution in [3.05, 3.63) is 39.9 Å². The van der Waals surface area contributed by atoms with Crippen molar-refractivity contribution in [1.29, 1.82) is 0 Å². The van der Waals surface area contributed by atoms with Crippen molar-refractivity contribution in [1.82, 2.24) is 5.32 Å². The monoisotopic (exact) mass is 254 g/mol. The highest BCUT2D eigenvalue weighted by atomic mass is 32.2. The van der Waals surface area contributed by atoms with E-state index in [9.17, 15) is 14.3 Å². The summed E-state index contributed by atoms with van der Waals surface area (Å²) in [4.78, 5) is 10.4. The molecule has 92 valence electrons. The van der Waals surface area contributed by atoms with Gasteiger partial charge in [-0.05, 0) is 5.92 Å². The summed E-state index contributed by atoms with van der Waals surface area (Å²) in [6, 6.07) is 6.50. The quantitative estimate of drug-likeness (QED) is 0.630. The minimum absolute atomic E-state index is 0.0626. The molecular formula is C11H14N2O3S.